The van der Waals surface area contributed by atoms with Crippen molar-refractivity contribution >= 4 is 0 Å². The molecule has 1 aliphatic rings. The average molecular weight is 212 g/mol. The van der Waals surface area contributed by atoms with E-state index < -0.39 is 0 Å². The molecule has 0 aliphatic heterocycles. The molecule has 0 aromatic rings. The van der Waals surface area contributed by atoms with Crippen LogP contribution < -0.4 is 0 Å². The van der Waals surface area contributed by atoms with Crippen LogP contribution in [0.5, 0.6) is 0 Å². The van der Waals surface area contributed by atoms with E-state index in [1.54, 1.807) is 0 Å². The maximum absolute atomic E-state index is 10.1. The fourth-order valence-electron chi connectivity index (χ4n) is 2.64. The second-order valence-electron chi connectivity index (χ2n) is 5.91. The minimum absolute atomic E-state index is 0.0174. The maximum atomic E-state index is 10.1. The van der Waals surface area contributed by atoms with Crippen LogP contribution in [-0.4, -0.2) is 11.2 Å². The molecule has 1 atom stereocenters. The molecule has 1 unspecified atom stereocenters. The van der Waals surface area contributed by atoms with Gasteiger partial charge in [0.25, 0.3) is 0 Å². The zero-order valence-electron chi connectivity index (χ0n) is 10.7. The molecule has 1 N–H and O–H groups in total. The highest BCUT2D eigenvalue weighted by Crippen LogP contribution is 2.31. The van der Waals surface area contributed by atoms with Gasteiger partial charge < -0.3 is 5.11 Å². The van der Waals surface area contributed by atoms with Crippen LogP contribution in [0.25, 0.3) is 0 Å². The van der Waals surface area contributed by atoms with Crippen molar-refractivity contribution in [2.75, 3.05) is 0 Å². The number of aliphatic hydroxyl groups excluding tert-OH is 1. The summed E-state index contributed by atoms with van der Waals surface area (Å²) in [5, 5.41) is 10.1. The van der Waals surface area contributed by atoms with Gasteiger partial charge >= 0.3 is 0 Å². The van der Waals surface area contributed by atoms with Crippen molar-refractivity contribution in [1.82, 2.24) is 0 Å². The molecule has 0 aromatic carbocycles. The van der Waals surface area contributed by atoms with Crippen LogP contribution in [0, 0.1) is 17.8 Å². The van der Waals surface area contributed by atoms with E-state index in [0.29, 0.717) is 5.92 Å². The van der Waals surface area contributed by atoms with Crippen molar-refractivity contribution < 1.29 is 5.11 Å². The molecular weight excluding hydrogens is 184 g/mol. The predicted molar refractivity (Wildman–Crippen MR) is 65.8 cm³/mol. The lowest BCUT2D eigenvalue weighted by molar-refractivity contribution is 0.0659. The van der Waals surface area contributed by atoms with Gasteiger partial charge in [0.2, 0.25) is 0 Å². The molecule has 1 nitrogen and oxygen atoms in total. The van der Waals surface area contributed by atoms with Crippen LogP contribution in [0.4, 0.5) is 0 Å². The summed E-state index contributed by atoms with van der Waals surface area (Å²) in [4.78, 5) is 0. The van der Waals surface area contributed by atoms with E-state index in [1.807, 2.05) is 0 Å². The van der Waals surface area contributed by atoms with Crippen LogP contribution in [0.2, 0.25) is 0 Å². The third kappa shape index (κ3) is 5.01. The third-order valence-electron chi connectivity index (χ3n) is 3.89. The smallest absolute Gasteiger partial charge is 0.0568 e. The van der Waals surface area contributed by atoms with Gasteiger partial charge in [0, 0.05) is 0 Å². The van der Waals surface area contributed by atoms with Crippen LogP contribution in [0.1, 0.15) is 65.7 Å². The predicted octanol–water partition coefficient (Wildman–Crippen LogP) is 4.00. The van der Waals surface area contributed by atoms with Crippen LogP contribution >= 0.6 is 0 Å². The molecule has 0 saturated heterocycles. The van der Waals surface area contributed by atoms with Gasteiger partial charge in [0.15, 0.2) is 0 Å². The first kappa shape index (κ1) is 13.0. The van der Waals surface area contributed by atoms with E-state index in [9.17, 15) is 5.11 Å². The summed E-state index contributed by atoms with van der Waals surface area (Å²) in [6, 6.07) is 0. The summed E-state index contributed by atoms with van der Waals surface area (Å²) in [6.45, 7) is 6.85. The molecule has 1 heteroatoms. The van der Waals surface area contributed by atoms with Crippen molar-refractivity contribution in [1.29, 1.82) is 0 Å². The third-order valence-corrected chi connectivity index (χ3v) is 3.89. The Labute approximate surface area is 95.3 Å². The Balaban J connectivity index is 2.13. The summed E-state index contributed by atoms with van der Waals surface area (Å²) >= 11 is 0. The first-order valence-corrected chi connectivity index (χ1v) is 6.77. The quantitative estimate of drug-likeness (QED) is 0.730. The van der Waals surface area contributed by atoms with Crippen molar-refractivity contribution in [3.05, 3.63) is 0 Å². The number of rotatable bonds is 5. The molecule has 0 aromatic heterocycles. The highest BCUT2D eigenvalue weighted by atomic mass is 16.3. The van der Waals surface area contributed by atoms with Crippen molar-refractivity contribution in [3.8, 4) is 0 Å². The normalized spacial score (nSPS) is 29.4. The summed E-state index contributed by atoms with van der Waals surface area (Å²) in [5.74, 6) is 2.28. The molecule has 15 heavy (non-hydrogen) atoms. The molecule has 1 aliphatic carbocycles. The van der Waals surface area contributed by atoms with Gasteiger partial charge in [-0.25, -0.2) is 0 Å². The van der Waals surface area contributed by atoms with Crippen LogP contribution in [-0.2, 0) is 0 Å². The molecule has 1 saturated carbocycles. The molecule has 0 spiro atoms. The van der Waals surface area contributed by atoms with E-state index in [0.717, 1.165) is 18.3 Å². The Kier molecular flexibility index (Phi) is 5.66. The first-order chi connectivity index (χ1) is 7.09. The molecule has 0 heterocycles. The summed E-state index contributed by atoms with van der Waals surface area (Å²) in [7, 11) is 0. The summed E-state index contributed by atoms with van der Waals surface area (Å²) < 4.78 is 0. The zero-order chi connectivity index (χ0) is 11.3. The monoisotopic (exact) mass is 212 g/mol. The standard InChI is InChI=1S/C14H28O/c1-11(2)5-4-6-14(15)13-9-7-12(3)8-10-13/h11-15H,4-10H2,1-3H3. The van der Waals surface area contributed by atoms with Crippen LogP contribution in [0.3, 0.4) is 0 Å². The largest absolute Gasteiger partial charge is 0.393 e. The summed E-state index contributed by atoms with van der Waals surface area (Å²) in [6.07, 6.45) is 8.63. The Bertz CT molecular complexity index is 157. The molecule has 0 bridgehead atoms. The molecule has 0 radical (unpaired) electrons. The lowest BCUT2D eigenvalue weighted by Gasteiger charge is -2.30. The molecular formula is C14H28O. The van der Waals surface area contributed by atoms with Gasteiger partial charge in [-0.15, -0.1) is 0 Å². The Hall–Kier alpha value is -0.0400. The van der Waals surface area contributed by atoms with Gasteiger partial charge in [0.05, 0.1) is 6.10 Å². The zero-order valence-corrected chi connectivity index (χ0v) is 10.7. The number of hydrogen-bond acceptors (Lipinski definition) is 1. The highest BCUT2D eigenvalue weighted by molar-refractivity contribution is 4.75. The molecule has 1 rings (SSSR count). The molecule has 1 fully saturated rings. The number of hydrogen-bond donors (Lipinski definition) is 1. The fourth-order valence-corrected chi connectivity index (χ4v) is 2.64. The van der Waals surface area contributed by atoms with Crippen LogP contribution in [0.15, 0.2) is 0 Å². The van der Waals surface area contributed by atoms with Crippen molar-refractivity contribution in [2.24, 2.45) is 17.8 Å². The van der Waals surface area contributed by atoms with E-state index in [1.165, 1.54) is 38.5 Å². The van der Waals surface area contributed by atoms with E-state index >= 15 is 0 Å². The maximum Gasteiger partial charge on any atom is 0.0568 e. The van der Waals surface area contributed by atoms with E-state index in [2.05, 4.69) is 20.8 Å². The minimum atomic E-state index is -0.0174. The Morgan fingerprint density at radius 2 is 1.67 bits per heavy atom. The van der Waals surface area contributed by atoms with E-state index in [-0.39, 0.29) is 6.10 Å². The van der Waals surface area contributed by atoms with E-state index in [4.69, 9.17) is 0 Å². The number of aliphatic hydroxyl groups is 1. The second kappa shape index (κ2) is 6.52. The Morgan fingerprint density at radius 3 is 2.20 bits per heavy atom. The molecule has 90 valence electrons. The van der Waals surface area contributed by atoms with Crippen molar-refractivity contribution in [3.63, 3.8) is 0 Å². The second-order valence-corrected chi connectivity index (χ2v) is 5.91. The highest BCUT2D eigenvalue weighted by Gasteiger charge is 2.24. The van der Waals surface area contributed by atoms with Crippen molar-refractivity contribution in [2.45, 2.75) is 71.8 Å². The Morgan fingerprint density at radius 1 is 1.07 bits per heavy atom. The fraction of sp³-hybridized carbons (Fsp3) is 1.00. The van der Waals surface area contributed by atoms with Gasteiger partial charge in [-0.05, 0) is 37.0 Å². The van der Waals surface area contributed by atoms with Gasteiger partial charge in [0.1, 0.15) is 0 Å². The topological polar surface area (TPSA) is 20.2 Å². The summed E-state index contributed by atoms with van der Waals surface area (Å²) in [5.41, 5.74) is 0. The van der Waals surface area contributed by atoms with Gasteiger partial charge in [-0.2, -0.15) is 0 Å². The lowest BCUT2D eigenvalue weighted by atomic mass is 9.79. The lowest BCUT2D eigenvalue weighted by Crippen LogP contribution is -2.25. The minimum Gasteiger partial charge on any atom is -0.393 e. The average Bonchev–Trinajstić information content (AvgIpc) is 2.18. The van der Waals surface area contributed by atoms with Gasteiger partial charge in [-0.3, -0.25) is 0 Å². The molecule has 0 amide bonds. The SMILES string of the molecule is CC(C)CCCC(O)C1CCC(C)CC1. The van der Waals surface area contributed by atoms with Gasteiger partial charge in [-0.1, -0.05) is 46.5 Å². The first-order valence-electron chi connectivity index (χ1n) is 6.77.